The molecular formula is C25H25NO4. The van der Waals surface area contributed by atoms with Crippen LogP contribution in [0.2, 0.25) is 0 Å². The van der Waals surface area contributed by atoms with E-state index in [0.717, 1.165) is 11.1 Å². The Labute approximate surface area is 176 Å². The summed E-state index contributed by atoms with van der Waals surface area (Å²) in [6.07, 6.45) is 0. The van der Waals surface area contributed by atoms with Crippen LogP contribution in [0.4, 0.5) is 0 Å². The maximum absolute atomic E-state index is 13.2. The molecule has 5 heteroatoms. The lowest BCUT2D eigenvalue weighted by atomic mass is 9.97. The van der Waals surface area contributed by atoms with Gasteiger partial charge in [0.1, 0.15) is 0 Å². The number of ketones is 1. The minimum Gasteiger partial charge on any atom is -0.493 e. The predicted molar refractivity (Wildman–Crippen MR) is 116 cm³/mol. The van der Waals surface area contributed by atoms with Crippen molar-refractivity contribution in [3.05, 3.63) is 94.5 Å². The summed E-state index contributed by atoms with van der Waals surface area (Å²) in [5.41, 5.74) is 3.19. The minimum absolute atomic E-state index is 0.175. The van der Waals surface area contributed by atoms with E-state index in [1.165, 1.54) is 0 Å². The number of ether oxygens (including phenoxy) is 2. The van der Waals surface area contributed by atoms with E-state index in [1.807, 2.05) is 31.2 Å². The normalized spacial score (nSPS) is 10.4. The molecule has 0 spiro atoms. The second-order valence-electron chi connectivity index (χ2n) is 7.05. The summed E-state index contributed by atoms with van der Waals surface area (Å²) in [5.74, 6) is 0.775. The van der Waals surface area contributed by atoms with Gasteiger partial charge in [-0.2, -0.15) is 0 Å². The second kappa shape index (κ2) is 9.27. The number of hydrogen-bond acceptors (Lipinski definition) is 4. The fraction of sp³-hybridized carbons (Fsp3) is 0.200. The summed E-state index contributed by atoms with van der Waals surface area (Å²) in [6.45, 7) is 2.28. The Morgan fingerprint density at radius 3 is 2.13 bits per heavy atom. The van der Waals surface area contributed by atoms with Crippen molar-refractivity contribution in [1.82, 2.24) is 4.90 Å². The molecule has 1 amide bonds. The van der Waals surface area contributed by atoms with Crippen molar-refractivity contribution in [3.8, 4) is 11.5 Å². The Kier molecular flexibility index (Phi) is 6.52. The molecule has 0 fully saturated rings. The number of benzene rings is 3. The fourth-order valence-corrected chi connectivity index (χ4v) is 3.34. The van der Waals surface area contributed by atoms with Gasteiger partial charge < -0.3 is 14.4 Å². The van der Waals surface area contributed by atoms with Gasteiger partial charge in [-0.15, -0.1) is 0 Å². The number of rotatable bonds is 7. The van der Waals surface area contributed by atoms with Gasteiger partial charge in [-0.1, -0.05) is 60.2 Å². The largest absolute Gasteiger partial charge is 0.493 e. The highest BCUT2D eigenvalue weighted by molar-refractivity contribution is 6.15. The molecule has 0 radical (unpaired) electrons. The average Bonchev–Trinajstić information content (AvgIpc) is 2.78. The van der Waals surface area contributed by atoms with E-state index in [-0.39, 0.29) is 11.7 Å². The van der Waals surface area contributed by atoms with Gasteiger partial charge in [0.05, 0.1) is 19.8 Å². The first-order valence-electron chi connectivity index (χ1n) is 9.62. The maximum atomic E-state index is 13.2. The lowest BCUT2D eigenvalue weighted by Gasteiger charge is -2.21. The fourth-order valence-electron chi connectivity index (χ4n) is 3.34. The van der Waals surface area contributed by atoms with Gasteiger partial charge in [0.25, 0.3) is 5.91 Å². The van der Waals surface area contributed by atoms with E-state index in [0.29, 0.717) is 34.7 Å². The van der Waals surface area contributed by atoms with Crippen LogP contribution in [0.1, 0.15) is 37.4 Å². The molecule has 30 heavy (non-hydrogen) atoms. The molecule has 0 bridgehead atoms. The van der Waals surface area contributed by atoms with Crippen LogP contribution in [0.3, 0.4) is 0 Å². The summed E-state index contributed by atoms with van der Waals surface area (Å²) in [6, 6.07) is 19.8. The number of nitrogens with zero attached hydrogens (tertiary/aromatic N) is 1. The van der Waals surface area contributed by atoms with Crippen LogP contribution in [-0.4, -0.2) is 37.9 Å². The highest BCUT2D eigenvalue weighted by Gasteiger charge is 2.22. The Morgan fingerprint density at radius 2 is 1.50 bits per heavy atom. The third-order valence-electron chi connectivity index (χ3n) is 4.95. The predicted octanol–water partition coefficient (Wildman–Crippen LogP) is 4.52. The number of hydrogen-bond donors (Lipinski definition) is 0. The minimum atomic E-state index is -0.240. The van der Waals surface area contributed by atoms with Crippen molar-refractivity contribution >= 4 is 11.7 Å². The van der Waals surface area contributed by atoms with E-state index in [4.69, 9.17) is 9.47 Å². The highest BCUT2D eigenvalue weighted by atomic mass is 16.5. The van der Waals surface area contributed by atoms with Crippen LogP contribution in [0.25, 0.3) is 0 Å². The molecule has 0 atom stereocenters. The van der Waals surface area contributed by atoms with Gasteiger partial charge >= 0.3 is 0 Å². The molecule has 154 valence electrons. The smallest absolute Gasteiger partial charge is 0.254 e. The zero-order chi connectivity index (χ0) is 21.7. The summed E-state index contributed by atoms with van der Waals surface area (Å²) in [5, 5.41) is 0. The van der Waals surface area contributed by atoms with Crippen LogP contribution < -0.4 is 9.47 Å². The first kappa shape index (κ1) is 21.1. The second-order valence-corrected chi connectivity index (χ2v) is 7.05. The number of methoxy groups -OCH3 is 2. The van der Waals surface area contributed by atoms with Crippen LogP contribution >= 0.6 is 0 Å². The molecule has 0 saturated carbocycles. The Hall–Kier alpha value is -3.60. The Bertz CT molecular complexity index is 1060. The van der Waals surface area contributed by atoms with Crippen molar-refractivity contribution in [1.29, 1.82) is 0 Å². The monoisotopic (exact) mass is 403 g/mol. The van der Waals surface area contributed by atoms with Gasteiger partial charge in [-0.3, -0.25) is 9.59 Å². The van der Waals surface area contributed by atoms with Crippen molar-refractivity contribution in [3.63, 3.8) is 0 Å². The zero-order valence-corrected chi connectivity index (χ0v) is 17.6. The van der Waals surface area contributed by atoms with Gasteiger partial charge in [0, 0.05) is 30.3 Å². The SMILES string of the molecule is COc1cccc(CN(C)C(=O)c2ccccc2C(=O)c2ccc(C)cc2)c1OC. The molecule has 3 aromatic carbocycles. The van der Waals surface area contributed by atoms with Gasteiger partial charge in [-0.05, 0) is 19.1 Å². The first-order chi connectivity index (χ1) is 14.5. The highest BCUT2D eigenvalue weighted by Crippen LogP contribution is 2.31. The molecule has 3 rings (SSSR count). The molecule has 0 aliphatic carbocycles. The molecule has 5 nitrogen and oxygen atoms in total. The number of carbonyl (C=O) groups is 2. The zero-order valence-electron chi connectivity index (χ0n) is 17.6. The molecule has 3 aromatic rings. The average molecular weight is 403 g/mol. The maximum Gasteiger partial charge on any atom is 0.254 e. The third kappa shape index (κ3) is 4.35. The van der Waals surface area contributed by atoms with Gasteiger partial charge in [-0.25, -0.2) is 0 Å². The summed E-state index contributed by atoms with van der Waals surface area (Å²) in [4.78, 5) is 27.8. The third-order valence-corrected chi connectivity index (χ3v) is 4.95. The first-order valence-corrected chi connectivity index (χ1v) is 9.62. The van der Waals surface area contributed by atoms with Crippen molar-refractivity contribution in [2.75, 3.05) is 21.3 Å². The van der Waals surface area contributed by atoms with E-state index >= 15 is 0 Å². The lowest BCUT2D eigenvalue weighted by Crippen LogP contribution is -2.28. The Morgan fingerprint density at radius 1 is 0.833 bits per heavy atom. The molecule has 0 heterocycles. The molecular weight excluding hydrogens is 378 g/mol. The molecule has 0 unspecified atom stereocenters. The quantitative estimate of drug-likeness (QED) is 0.545. The number of aryl methyl sites for hydroxylation is 1. The van der Waals surface area contributed by atoms with Crippen molar-refractivity contribution < 1.29 is 19.1 Å². The molecule has 0 aliphatic rings. The van der Waals surface area contributed by atoms with E-state index < -0.39 is 0 Å². The topological polar surface area (TPSA) is 55.8 Å². The molecule has 0 aliphatic heterocycles. The summed E-state index contributed by atoms with van der Waals surface area (Å²) >= 11 is 0. The summed E-state index contributed by atoms with van der Waals surface area (Å²) in [7, 11) is 4.84. The molecule has 0 N–H and O–H groups in total. The molecule has 0 saturated heterocycles. The lowest BCUT2D eigenvalue weighted by molar-refractivity contribution is 0.0779. The van der Waals surface area contributed by atoms with E-state index in [1.54, 1.807) is 68.6 Å². The van der Waals surface area contributed by atoms with E-state index in [2.05, 4.69) is 0 Å². The van der Waals surface area contributed by atoms with Crippen LogP contribution in [0.5, 0.6) is 11.5 Å². The number of carbonyl (C=O) groups excluding carboxylic acids is 2. The van der Waals surface area contributed by atoms with E-state index in [9.17, 15) is 9.59 Å². The van der Waals surface area contributed by atoms with Crippen molar-refractivity contribution in [2.24, 2.45) is 0 Å². The standard InChI is InChI=1S/C25H25NO4/c1-17-12-14-18(15-13-17)23(27)20-9-5-6-10-21(20)25(28)26(2)16-19-8-7-11-22(29-3)24(19)30-4/h5-15H,16H2,1-4H3. The van der Waals surface area contributed by atoms with Gasteiger partial charge in [0.15, 0.2) is 17.3 Å². The molecule has 0 aromatic heterocycles. The number of para-hydroxylation sites is 1. The van der Waals surface area contributed by atoms with Crippen LogP contribution in [-0.2, 0) is 6.54 Å². The summed E-state index contributed by atoms with van der Waals surface area (Å²) < 4.78 is 10.8. The number of amides is 1. The van der Waals surface area contributed by atoms with Gasteiger partial charge in [0.2, 0.25) is 0 Å². The van der Waals surface area contributed by atoms with Crippen LogP contribution in [0, 0.1) is 6.92 Å². The Balaban J connectivity index is 1.89. The van der Waals surface area contributed by atoms with Crippen LogP contribution in [0.15, 0.2) is 66.7 Å². The van der Waals surface area contributed by atoms with Crippen molar-refractivity contribution in [2.45, 2.75) is 13.5 Å².